The Hall–Kier alpha value is -1.42. The molecule has 1 aromatic rings. The third kappa shape index (κ3) is 4.53. The zero-order chi connectivity index (χ0) is 12.7. The van der Waals surface area contributed by atoms with Crippen LogP contribution in [-0.4, -0.2) is 25.1 Å². The van der Waals surface area contributed by atoms with Crippen LogP contribution in [0.5, 0.6) is 11.5 Å². The fourth-order valence-electron chi connectivity index (χ4n) is 1.30. The van der Waals surface area contributed by atoms with Crippen molar-refractivity contribution in [1.82, 2.24) is 0 Å². The number of hydrogen-bond acceptors (Lipinski definition) is 4. The molecule has 0 saturated heterocycles. The molecule has 0 saturated carbocycles. The second kappa shape index (κ2) is 7.01. The average Bonchev–Trinajstić information content (AvgIpc) is 2.34. The molecule has 17 heavy (non-hydrogen) atoms. The van der Waals surface area contributed by atoms with Gasteiger partial charge in [0.25, 0.3) is 0 Å². The molecule has 92 valence electrons. The Balaban J connectivity index is 2.73. The van der Waals surface area contributed by atoms with Gasteiger partial charge in [0.2, 0.25) is 0 Å². The average molecular weight is 252 g/mol. The summed E-state index contributed by atoms with van der Waals surface area (Å²) in [5, 5.41) is 0.122. The summed E-state index contributed by atoms with van der Waals surface area (Å²) in [6.45, 7) is 1.56. The maximum atomic E-state index is 10.7. The van der Waals surface area contributed by atoms with Crippen molar-refractivity contribution in [2.45, 2.75) is 6.92 Å². The van der Waals surface area contributed by atoms with E-state index in [1.807, 2.05) is 30.4 Å². The van der Waals surface area contributed by atoms with Crippen molar-refractivity contribution in [2.24, 2.45) is 0 Å². The van der Waals surface area contributed by atoms with Gasteiger partial charge in [0.15, 0.2) is 5.12 Å². The molecule has 0 bridgehead atoms. The van der Waals surface area contributed by atoms with E-state index in [4.69, 9.17) is 9.47 Å². The Bertz CT molecular complexity index is 413. The number of carbonyl (C=O) groups is 1. The van der Waals surface area contributed by atoms with E-state index in [0.717, 1.165) is 17.1 Å². The molecule has 0 aromatic heterocycles. The van der Waals surface area contributed by atoms with Crippen molar-refractivity contribution in [3.63, 3.8) is 0 Å². The molecule has 0 spiro atoms. The van der Waals surface area contributed by atoms with Gasteiger partial charge in [-0.2, -0.15) is 0 Å². The van der Waals surface area contributed by atoms with Gasteiger partial charge in [-0.05, 0) is 12.1 Å². The van der Waals surface area contributed by atoms with Crippen molar-refractivity contribution in [2.75, 3.05) is 20.0 Å². The van der Waals surface area contributed by atoms with Gasteiger partial charge < -0.3 is 9.47 Å². The lowest BCUT2D eigenvalue weighted by Gasteiger charge is -2.07. The summed E-state index contributed by atoms with van der Waals surface area (Å²) in [7, 11) is 3.24. The summed E-state index contributed by atoms with van der Waals surface area (Å²) in [6, 6.07) is 5.63. The van der Waals surface area contributed by atoms with E-state index in [9.17, 15) is 4.79 Å². The van der Waals surface area contributed by atoms with Crippen LogP contribution in [0.2, 0.25) is 0 Å². The number of ether oxygens (including phenoxy) is 2. The molecule has 0 radical (unpaired) electrons. The highest BCUT2D eigenvalue weighted by atomic mass is 32.2. The van der Waals surface area contributed by atoms with Crippen LogP contribution in [0.3, 0.4) is 0 Å². The maximum absolute atomic E-state index is 10.7. The summed E-state index contributed by atoms with van der Waals surface area (Å²) >= 11 is 1.28. The molecule has 0 aliphatic heterocycles. The molecular weight excluding hydrogens is 236 g/mol. The minimum Gasteiger partial charge on any atom is -0.497 e. The minimum absolute atomic E-state index is 0.122. The lowest BCUT2D eigenvalue weighted by molar-refractivity contribution is -0.109. The van der Waals surface area contributed by atoms with Crippen molar-refractivity contribution in [1.29, 1.82) is 0 Å². The summed E-state index contributed by atoms with van der Waals surface area (Å²) in [6.07, 6.45) is 3.88. The van der Waals surface area contributed by atoms with Gasteiger partial charge in [0, 0.05) is 24.3 Å². The monoisotopic (exact) mass is 252 g/mol. The summed E-state index contributed by atoms with van der Waals surface area (Å²) < 4.78 is 10.4. The normalized spacial score (nSPS) is 10.5. The van der Waals surface area contributed by atoms with Crippen LogP contribution in [0.1, 0.15) is 12.5 Å². The third-order valence-corrected chi connectivity index (χ3v) is 2.89. The van der Waals surface area contributed by atoms with Crippen molar-refractivity contribution in [3.05, 3.63) is 29.8 Å². The first-order chi connectivity index (χ1) is 8.17. The highest BCUT2D eigenvalue weighted by molar-refractivity contribution is 8.13. The van der Waals surface area contributed by atoms with E-state index in [1.165, 1.54) is 11.8 Å². The predicted molar refractivity (Wildman–Crippen MR) is 71.7 cm³/mol. The number of hydrogen-bond donors (Lipinski definition) is 0. The molecular formula is C13H16O3S. The molecule has 0 aliphatic carbocycles. The van der Waals surface area contributed by atoms with Crippen LogP contribution < -0.4 is 9.47 Å². The molecule has 0 heterocycles. The zero-order valence-electron chi connectivity index (χ0n) is 10.2. The van der Waals surface area contributed by atoms with E-state index in [2.05, 4.69) is 0 Å². The topological polar surface area (TPSA) is 35.5 Å². The molecule has 0 fully saturated rings. The summed E-state index contributed by atoms with van der Waals surface area (Å²) in [4.78, 5) is 10.7. The van der Waals surface area contributed by atoms with Crippen LogP contribution in [-0.2, 0) is 4.79 Å². The van der Waals surface area contributed by atoms with Gasteiger partial charge in [-0.25, -0.2) is 0 Å². The van der Waals surface area contributed by atoms with Gasteiger partial charge in [0.05, 0.1) is 14.2 Å². The van der Waals surface area contributed by atoms with Gasteiger partial charge in [-0.15, -0.1) is 0 Å². The fourth-order valence-corrected chi connectivity index (χ4v) is 1.72. The Morgan fingerprint density at radius 2 is 2.12 bits per heavy atom. The molecule has 4 heteroatoms. The van der Waals surface area contributed by atoms with Crippen molar-refractivity contribution < 1.29 is 14.3 Å². The lowest BCUT2D eigenvalue weighted by Crippen LogP contribution is -1.89. The largest absolute Gasteiger partial charge is 0.497 e. The SMILES string of the molecule is COc1ccc(C=CCSC(C)=O)c(OC)c1. The Labute approximate surface area is 106 Å². The molecule has 0 N–H and O–H groups in total. The second-order valence-electron chi connectivity index (χ2n) is 3.31. The quantitative estimate of drug-likeness (QED) is 0.807. The standard InChI is InChI=1S/C13H16O3S/c1-10(14)17-8-4-5-11-6-7-12(15-2)9-13(11)16-3/h4-7,9H,8H2,1-3H3. The zero-order valence-corrected chi connectivity index (χ0v) is 11.0. The van der Waals surface area contributed by atoms with E-state index in [0.29, 0.717) is 5.75 Å². The highest BCUT2D eigenvalue weighted by Crippen LogP contribution is 2.25. The lowest BCUT2D eigenvalue weighted by atomic mass is 10.2. The molecule has 1 aromatic carbocycles. The number of benzene rings is 1. The summed E-state index contributed by atoms with van der Waals surface area (Å²) in [5.41, 5.74) is 0.970. The van der Waals surface area contributed by atoms with Gasteiger partial charge >= 0.3 is 0 Å². The predicted octanol–water partition coefficient (Wildman–Crippen LogP) is 3.00. The Kier molecular flexibility index (Phi) is 5.63. The third-order valence-electron chi connectivity index (χ3n) is 2.12. The Morgan fingerprint density at radius 3 is 2.71 bits per heavy atom. The smallest absolute Gasteiger partial charge is 0.186 e. The number of carbonyl (C=O) groups excluding carboxylic acids is 1. The van der Waals surface area contributed by atoms with Gasteiger partial charge in [-0.1, -0.05) is 23.9 Å². The maximum Gasteiger partial charge on any atom is 0.186 e. The van der Waals surface area contributed by atoms with Crippen LogP contribution in [0.25, 0.3) is 6.08 Å². The molecule has 0 amide bonds. The van der Waals surface area contributed by atoms with Gasteiger partial charge in [0.1, 0.15) is 11.5 Å². The highest BCUT2D eigenvalue weighted by Gasteiger charge is 2.01. The second-order valence-corrected chi connectivity index (χ2v) is 4.51. The van der Waals surface area contributed by atoms with E-state index < -0.39 is 0 Å². The molecule has 0 aliphatic rings. The molecule has 0 unspecified atom stereocenters. The van der Waals surface area contributed by atoms with Crippen LogP contribution in [0, 0.1) is 0 Å². The van der Waals surface area contributed by atoms with E-state index in [-0.39, 0.29) is 5.12 Å². The fraction of sp³-hybridized carbons (Fsp3) is 0.308. The van der Waals surface area contributed by atoms with E-state index in [1.54, 1.807) is 21.1 Å². The molecule has 3 nitrogen and oxygen atoms in total. The van der Waals surface area contributed by atoms with Crippen LogP contribution in [0.4, 0.5) is 0 Å². The van der Waals surface area contributed by atoms with Crippen LogP contribution in [0.15, 0.2) is 24.3 Å². The number of thioether (sulfide) groups is 1. The van der Waals surface area contributed by atoms with Crippen molar-refractivity contribution >= 4 is 23.0 Å². The van der Waals surface area contributed by atoms with Gasteiger partial charge in [-0.3, -0.25) is 4.79 Å². The number of rotatable bonds is 5. The summed E-state index contributed by atoms with van der Waals surface area (Å²) in [5.74, 6) is 2.19. The first-order valence-corrected chi connectivity index (χ1v) is 6.18. The van der Waals surface area contributed by atoms with Crippen molar-refractivity contribution in [3.8, 4) is 11.5 Å². The molecule has 0 atom stereocenters. The minimum atomic E-state index is 0.122. The molecule has 1 rings (SSSR count). The van der Waals surface area contributed by atoms with E-state index >= 15 is 0 Å². The Morgan fingerprint density at radius 1 is 1.35 bits per heavy atom. The van der Waals surface area contributed by atoms with Crippen LogP contribution >= 0.6 is 11.8 Å². The number of methoxy groups -OCH3 is 2. The first kappa shape index (κ1) is 13.6. The first-order valence-electron chi connectivity index (χ1n) is 5.19.